The average Bonchev–Trinajstić information content (AvgIpc) is 2.71. The molecule has 0 saturated carbocycles. The molecule has 0 saturated heterocycles. The molecule has 2 rings (SSSR count). The fourth-order valence-electron chi connectivity index (χ4n) is 1.61. The summed E-state index contributed by atoms with van der Waals surface area (Å²) in [6, 6.07) is 3.94. The van der Waals surface area contributed by atoms with Crippen LogP contribution < -0.4 is 0 Å². The summed E-state index contributed by atoms with van der Waals surface area (Å²) in [7, 11) is 0. The van der Waals surface area contributed by atoms with Gasteiger partial charge in [-0.15, -0.1) is 5.11 Å². The molecule has 104 valence electrons. The normalized spacial score (nSPS) is 11.1. The molecular weight excluding hydrogens is 268 g/mol. The molecule has 1 aromatic carbocycles. The number of hydrogen-bond donors (Lipinski definition) is 2. The highest BCUT2D eigenvalue weighted by molar-refractivity contribution is 5.95. The molecule has 0 aliphatic carbocycles. The summed E-state index contributed by atoms with van der Waals surface area (Å²) >= 11 is 0. The number of aromatic amines is 1. The van der Waals surface area contributed by atoms with Crippen LogP contribution in [-0.2, 0) is 4.74 Å². The molecule has 1 amide bonds. The van der Waals surface area contributed by atoms with Crippen LogP contribution in [0.15, 0.2) is 28.4 Å². The van der Waals surface area contributed by atoms with Crippen LogP contribution in [0.3, 0.4) is 0 Å². The number of benzene rings is 1. The molecule has 0 atom stereocenters. The lowest BCUT2D eigenvalue weighted by molar-refractivity contribution is -0.384. The van der Waals surface area contributed by atoms with Crippen molar-refractivity contribution >= 4 is 28.4 Å². The summed E-state index contributed by atoms with van der Waals surface area (Å²) in [5.41, 5.74) is 0.215. The lowest BCUT2D eigenvalue weighted by Crippen LogP contribution is -1.95. The SMILES string of the molecule is CCOC(=O)N=Nc1c(O)[nH]c2ccc([N+](=O)[O-])cc12. The topological polar surface area (TPSA) is 130 Å². The van der Waals surface area contributed by atoms with E-state index in [4.69, 9.17) is 0 Å². The summed E-state index contributed by atoms with van der Waals surface area (Å²) in [5.74, 6) is -0.339. The zero-order valence-corrected chi connectivity index (χ0v) is 10.4. The van der Waals surface area contributed by atoms with E-state index in [0.29, 0.717) is 5.52 Å². The Kier molecular flexibility index (Phi) is 3.60. The second-order valence-electron chi connectivity index (χ2n) is 3.71. The highest BCUT2D eigenvalue weighted by Gasteiger charge is 2.15. The van der Waals surface area contributed by atoms with E-state index in [1.807, 2.05) is 0 Å². The third-order valence-electron chi connectivity index (χ3n) is 2.45. The van der Waals surface area contributed by atoms with Crippen LogP contribution in [0.4, 0.5) is 16.2 Å². The average molecular weight is 278 g/mol. The Balaban J connectivity index is 2.46. The molecule has 0 unspecified atom stereocenters. The van der Waals surface area contributed by atoms with Gasteiger partial charge in [-0.25, -0.2) is 4.79 Å². The van der Waals surface area contributed by atoms with Gasteiger partial charge >= 0.3 is 6.09 Å². The second-order valence-corrected chi connectivity index (χ2v) is 3.71. The van der Waals surface area contributed by atoms with E-state index in [-0.39, 0.29) is 29.2 Å². The van der Waals surface area contributed by atoms with Gasteiger partial charge in [-0.3, -0.25) is 10.1 Å². The van der Waals surface area contributed by atoms with Gasteiger partial charge in [0.05, 0.1) is 17.0 Å². The van der Waals surface area contributed by atoms with Gasteiger partial charge in [-0.05, 0) is 13.0 Å². The summed E-state index contributed by atoms with van der Waals surface area (Å²) in [5, 5.41) is 27.5. The van der Waals surface area contributed by atoms with Crippen molar-refractivity contribution in [3.05, 3.63) is 28.3 Å². The van der Waals surface area contributed by atoms with Gasteiger partial charge in [0, 0.05) is 17.5 Å². The van der Waals surface area contributed by atoms with E-state index in [0.717, 1.165) is 0 Å². The van der Waals surface area contributed by atoms with Crippen molar-refractivity contribution < 1.29 is 19.6 Å². The summed E-state index contributed by atoms with van der Waals surface area (Å²) < 4.78 is 4.55. The van der Waals surface area contributed by atoms with Crippen LogP contribution in [-0.4, -0.2) is 27.7 Å². The monoisotopic (exact) mass is 278 g/mol. The highest BCUT2D eigenvalue weighted by atomic mass is 16.6. The van der Waals surface area contributed by atoms with Crippen LogP contribution in [0.5, 0.6) is 5.88 Å². The molecule has 2 N–H and O–H groups in total. The standard InChI is InChI=1S/C11H10N4O5/c1-2-20-11(17)14-13-9-7-5-6(15(18)19)3-4-8(7)12-10(9)16/h3-5,12,16H,2H2,1H3. The van der Waals surface area contributed by atoms with E-state index in [1.54, 1.807) is 6.92 Å². The summed E-state index contributed by atoms with van der Waals surface area (Å²) in [4.78, 5) is 23.8. The van der Waals surface area contributed by atoms with Gasteiger partial charge in [-0.2, -0.15) is 0 Å². The van der Waals surface area contributed by atoms with E-state index < -0.39 is 11.0 Å². The van der Waals surface area contributed by atoms with Gasteiger partial charge in [-0.1, -0.05) is 5.11 Å². The summed E-state index contributed by atoms with van der Waals surface area (Å²) in [6.07, 6.45) is -0.910. The Labute approximate surface area is 112 Å². The number of ether oxygens (including phenoxy) is 1. The van der Waals surface area contributed by atoms with Crippen molar-refractivity contribution in [2.75, 3.05) is 6.61 Å². The number of carbonyl (C=O) groups excluding carboxylic acids is 1. The van der Waals surface area contributed by atoms with E-state index in [1.165, 1.54) is 18.2 Å². The number of H-pyrrole nitrogens is 1. The lowest BCUT2D eigenvalue weighted by atomic mass is 10.2. The number of nitro groups is 1. The number of aromatic nitrogens is 1. The number of azo groups is 1. The number of hydrogen-bond acceptors (Lipinski definition) is 6. The number of carbonyl (C=O) groups is 1. The number of rotatable bonds is 3. The zero-order chi connectivity index (χ0) is 14.7. The largest absolute Gasteiger partial charge is 0.493 e. The van der Waals surface area contributed by atoms with Crippen molar-refractivity contribution in [1.82, 2.24) is 4.98 Å². The quantitative estimate of drug-likeness (QED) is 0.506. The highest BCUT2D eigenvalue weighted by Crippen LogP contribution is 2.37. The number of amides is 1. The maximum atomic E-state index is 11.1. The molecule has 9 nitrogen and oxygen atoms in total. The lowest BCUT2D eigenvalue weighted by Gasteiger charge is -1.94. The van der Waals surface area contributed by atoms with Crippen LogP contribution >= 0.6 is 0 Å². The molecule has 0 spiro atoms. The second kappa shape index (κ2) is 5.34. The predicted molar refractivity (Wildman–Crippen MR) is 68.2 cm³/mol. The minimum Gasteiger partial charge on any atom is -0.493 e. The molecule has 0 fully saturated rings. The number of nitrogens with zero attached hydrogens (tertiary/aromatic N) is 3. The Morgan fingerprint density at radius 3 is 2.95 bits per heavy atom. The van der Waals surface area contributed by atoms with Gasteiger partial charge in [0.15, 0.2) is 5.69 Å². The maximum Gasteiger partial charge on any atom is 0.452 e. The first-order valence-electron chi connectivity index (χ1n) is 5.60. The van der Waals surface area contributed by atoms with Crippen LogP contribution in [0.2, 0.25) is 0 Å². The Morgan fingerprint density at radius 2 is 2.30 bits per heavy atom. The van der Waals surface area contributed by atoms with Crippen molar-refractivity contribution in [1.29, 1.82) is 0 Å². The van der Waals surface area contributed by atoms with Crippen LogP contribution in [0, 0.1) is 10.1 Å². The fourth-order valence-corrected chi connectivity index (χ4v) is 1.61. The van der Waals surface area contributed by atoms with E-state index in [2.05, 4.69) is 19.9 Å². The number of fused-ring (bicyclic) bond motifs is 1. The first-order chi connectivity index (χ1) is 9.52. The van der Waals surface area contributed by atoms with Crippen molar-refractivity contribution in [2.45, 2.75) is 6.92 Å². The fraction of sp³-hybridized carbons (Fsp3) is 0.182. The molecule has 0 bridgehead atoms. The van der Waals surface area contributed by atoms with Gasteiger partial charge in [0.2, 0.25) is 5.88 Å². The summed E-state index contributed by atoms with van der Waals surface area (Å²) in [6.45, 7) is 1.75. The molecule has 1 heterocycles. The van der Waals surface area contributed by atoms with Crippen molar-refractivity contribution in [2.24, 2.45) is 10.2 Å². The van der Waals surface area contributed by atoms with Crippen molar-refractivity contribution in [3.63, 3.8) is 0 Å². The Hall–Kier alpha value is -2.97. The van der Waals surface area contributed by atoms with E-state index in [9.17, 15) is 20.0 Å². The third kappa shape index (κ3) is 2.55. The predicted octanol–water partition coefficient (Wildman–Crippen LogP) is 3.02. The molecule has 9 heteroatoms. The smallest absolute Gasteiger partial charge is 0.452 e. The first kappa shape index (κ1) is 13.5. The molecule has 1 aromatic heterocycles. The molecule has 0 radical (unpaired) electrons. The molecule has 0 aliphatic rings. The molecule has 0 aliphatic heterocycles. The van der Waals surface area contributed by atoms with Gasteiger partial charge < -0.3 is 14.8 Å². The first-order valence-corrected chi connectivity index (χ1v) is 5.60. The van der Waals surface area contributed by atoms with Crippen molar-refractivity contribution in [3.8, 4) is 5.88 Å². The number of nitro benzene ring substituents is 1. The Morgan fingerprint density at radius 1 is 1.55 bits per heavy atom. The van der Waals surface area contributed by atoms with E-state index >= 15 is 0 Å². The zero-order valence-electron chi connectivity index (χ0n) is 10.4. The number of nitrogens with one attached hydrogen (secondary N) is 1. The van der Waals surface area contributed by atoms with Gasteiger partial charge in [0.25, 0.3) is 5.69 Å². The molecule has 2 aromatic rings. The van der Waals surface area contributed by atoms with Crippen LogP contribution in [0.25, 0.3) is 10.9 Å². The minimum absolute atomic E-state index is 0.0586. The minimum atomic E-state index is -0.910. The maximum absolute atomic E-state index is 11.1. The Bertz CT molecular complexity index is 706. The third-order valence-corrected chi connectivity index (χ3v) is 2.45. The number of non-ortho nitro benzene ring substituents is 1. The van der Waals surface area contributed by atoms with Crippen LogP contribution in [0.1, 0.15) is 6.92 Å². The molecule has 20 heavy (non-hydrogen) atoms. The number of aromatic hydroxyl groups is 1. The van der Waals surface area contributed by atoms with Gasteiger partial charge in [0.1, 0.15) is 0 Å². The molecular formula is C11H10N4O5.